The number of anilines is 2. The van der Waals surface area contributed by atoms with Gasteiger partial charge in [-0.3, -0.25) is 9.47 Å². The van der Waals surface area contributed by atoms with E-state index in [9.17, 15) is 5.11 Å². The van der Waals surface area contributed by atoms with Crippen molar-refractivity contribution in [2.24, 2.45) is 0 Å². The molecule has 0 aliphatic carbocycles. The molecule has 1 fully saturated rings. The van der Waals surface area contributed by atoms with Gasteiger partial charge in [-0.25, -0.2) is 15.0 Å². The van der Waals surface area contributed by atoms with Gasteiger partial charge in [0.2, 0.25) is 0 Å². The number of aliphatic hydroxyl groups is 1. The average molecular weight is 451 g/mol. The third-order valence-electron chi connectivity index (χ3n) is 5.45. The molecule has 0 radical (unpaired) electrons. The molecule has 2 aromatic heterocycles. The summed E-state index contributed by atoms with van der Waals surface area (Å²) in [5.74, 6) is 0.632. The number of nitrogens with one attached hydrogen (secondary N) is 1. The number of benzene rings is 2. The molecule has 1 aliphatic heterocycles. The Morgan fingerprint density at radius 3 is 2.62 bits per heavy atom. The summed E-state index contributed by atoms with van der Waals surface area (Å²) in [6, 6.07) is 17.6. The van der Waals surface area contributed by atoms with Crippen molar-refractivity contribution in [3.8, 4) is 0 Å². The average Bonchev–Trinajstić information content (AvgIpc) is 3.26. The van der Waals surface area contributed by atoms with E-state index in [0.29, 0.717) is 35.1 Å². The van der Waals surface area contributed by atoms with Crippen molar-refractivity contribution in [3.05, 3.63) is 77.8 Å². The first-order chi connectivity index (χ1) is 15.7. The predicted molar refractivity (Wildman–Crippen MR) is 123 cm³/mol. The molecule has 2 atom stereocenters. The minimum atomic E-state index is -0.335. The number of ether oxygens (including phenoxy) is 1. The van der Waals surface area contributed by atoms with Gasteiger partial charge < -0.3 is 15.2 Å². The van der Waals surface area contributed by atoms with E-state index in [1.807, 2.05) is 59.2 Å². The molecule has 0 saturated carbocycles. The lowest BCUT2D eigenvalue weighted by Crippen LogP contribution is -2.46. The Hall–Kier alpha value is -3.04. The normalized spacial score (nSPS) is 19.3. The number of para-hydroxylation sites is 1. The Morgan fingerprint density at radius 2 is 1.84 bits per heavy atom. The smallest absolute Gasteiger partial charge is 0.167 e. The molecule has 0 spiro atoms. The lowest BCUT2D eigenvalue weighted by Gasteiger charge is -2.37. The van der Waals surface area contributed by atoms with Crippen LogP contribution in [0, 0.1) is 0 Å². The van der Waals surface area contributed by atoms with Crippen LogP contribution in [0.1, 0.15) is 11.8 Å². The lowest BCUT2D eigenvalue weighted by molar-refractivity contribution is -0.135. The lowest BCUT2D eigenvalue weighted by atomic mass is 10.2. The molecule has 3 heterocycles. The van der Waals surface area contributed by atoms with Gasteiger partial charge >= 0.3 is 0 Å². The van der Waals surface area contributed by atoms with Gasteiger partial charge in [-0.15, -0.1) is 0 Å². The number of aromatic nitrogens is 4. The largest absolute Gasteiger partial charge is 0.394 e. The molecule has 0 unspecified atom stereocenters. The third kappa shape index (κ3) is 4.44. The standard InChI is InChI=1S/C23H23ClN6O2/c24-17-8-6-16(7-9-17)10-29-11-19(13-31)32-20(12-29)30-15-27-21-22(25-14-26-23(21)30)28-18-4-2-1-3-5-18/h1-9,14-15,19-20,31H,10-13H2,(H,25,26,28)/t19-,20+/m0/s1. The van der Waals surface area contributed by atoms with Crippen LogP contribution in [0.3, 0.4) is 0 Å². The highest BCUT2D eigenvalue weighted by Crippen LogP contribution is 2.27. The van der Waals surface area contributed by atoms with E-state index in [4.69, 9.17) is 16.3 Å². The van der Waals surface area contributed by atoms with Crippen molar-refractivity contribution in [2.45, 2.75) is 18.9 Å². The van der Waals surface area contributed by atoms with Crippen LogP contribution in [0.2, 0.25) is 5.02 Å². The molecule has 32 heavy (non-hydrogen) atoms. The zero-order valence-electron chi connectivity index (χ0n) is 17.3. The number of aliphatic hydroxyl groups excluding tert-OH is 1. The molecule has 0 amide bonds. The van der Waals surface area contributed by atoms with E-state index in [1.165, 1.54) is 6.33 Å². The maximum Gasteiger partial charge on any atom is 0.167 e. The number of hydrogen-bond acceptors (Lipinski definition) is 7. The second kappa shape index (κ2) is 9.22. The highest BCUT2D eigenvalue weighted by atomic mass is 35.5. The molecule has 164 valence electrons. The summed E-state index contributed by atoms with van der Waals surface area (Å²) in [5.41, 5.74) is 3.41. The summed E-state index contributed by atoms with van der Waals surface area (Å²) < 4.78 is 8.07. The Balaban J connectivity index is 1.40. The summed E-state index contributed by atoms with van der Waals surface area (Å²) in [4.78, 5) is 15.6. The molecule has 2 aromatic carbocycles. The van der Waals surface area contributed by atoms with E-state index in [0.717, 1.165) is 17.8 Å². The van der Waals surface area contributed by atoms with E-state index < -0.39 is 0 Å². The summed E-state index contributed by atoms with van der Waals surface area (Å²) >= 11 is 6.02. The van der Waals surface area contributed by atoms with Crippen LogP contribution in [0.15, 0.2) is 67.3 Å². The summed E-state index contributed by atoms with van der Waals surface area (Å²) in [6.07, 6.45) is 2.60. The van der Waals surface area contributed by atoms with Crippen LogP contribution in [0.4, 0.5) is 11.5 Å². The monoisotopic (exact) mass is 450 g/mol. The van der Waals surface area contributed by atoms with Crippen LogP contribution in [-0.2, 0) is 11.3 Å². The number of morpholine rings is 1. The van der Waals surface area contributed by atoms with Gasteiger partial charge in [-0.05, 0) is 29.8 Å². The number of fused-ring (bicyclic) bond motifs is 1. The van der Waals surface area contributed by atoms with Crippen LogP contribution in [0.5, 0.6) is 0 Å². The molecule has 8 nitrogen and oxygen atoms in total. The fourth-order valence-electron chi connectivity index (χ4n) is 3.94. The highest BCUT2D eigenvalue weighted by molar-refractivity contribution is 6.30. The fraction of sp³-hybridized carbons (Fsp3) is 0.261. The molecular weight excluding hydrogens is 428 g/mol. The van der Waals surface area contributed by atoms with Crippen molar-refractivity contribution in [1.29, 1.82) is 0 Å². The molecule has 1 saturated heterocycles. The summed E-state index contributed by atoms with van der Waals surface area (Å²) in [6.45, 7) is 1.94. The molecule has 4 aromatic rings. The Bertz CT molecular complexity index is 1180. The minimum absolute atomic E-state index is 0.0595. The maximum atomic E-state index is 9.82. The van der Waals surface area contributed by atoms with E-state index in [-0.39, 0.29) is 18.9 Å². The fourth-order valence-corrected chi connectivity index (χ4v) is 4.06. The SMILES string of the molecule is OC[C@@H]1CN(Cc2ccc(Cl)cc2)C[C@H](n2cnc3c(Nc4ccccc4)ncnc32)O1. The highest BCUT2D eigenvalue weighted by Gasteiger charge is 2.30. The molecule has 2 N–H and O–H groups in total. The van der Waals surface area contributed by atoms with Gasteiger partial charge in [0.15, 0.2) is 17.0 Å². The first-order valence-electron chi connectivity index (χ1n) is 10.4. The van der Waals surface area contributed by atoms with Crippen molar-refractivity contribution < 1.29 is 9.84 Å². The van der Waals surface area contributed by atoms with E-state index >= 15 is 0 Å². The molecule has 1 aliphatic rings. The van der Waals surface area contributed by atoms with Crippen LogP contribution in [-0.4, -0.2) is 55.3 Å². The van der Waals surface area contributed by atoms with Crippen LogP contribution >= 0.6 is 11.6 Å². The third-order valence-corrected chi connectivity index (χ3v) is 5.71. The van der Waals surface area contributed by atoms with Crippen molar-refractivity contribution >= 4 is 34.3 Å². The number of halogens is 1. The second-order valence-electron chi connectivity index (χ2n) is 7.75. The number of imidazole rings is 1. The van der Waals surface area contributed by atoms with Gasteiger partial charge in [0.25, 0.3) is 0 Å². The number of rotatable bonds is 6. The first-order valence-corrected chi connectivity index (χ1v) is 10.8. The van der Waals surface area contributed by atoms with Crippen molar-refractivity contribution in [1.82, 2.24) is 24.4 Å². The maximum absolute atomic E-state index is 9.82. The molecule has 5 rings (SSSR count). The molecule has 0 bridgehead atoms. The predicted octanol–water partition coefficient (Wildman–Crippen LogP) is 3.62. The van der Waals surface area contributed by atoms with Gasteiger partial charge in [0, 0.05) is 30.3 Å². The van der Waals surface area contributed by atoms with Gasteiger partial charge in [0.05, 0.1) is 19.0 Å². The first kappa shape index (κ1) is 20.8. The quantitative estimate of drug-likeness (QED) is 0.464. The Labute approximate surface area is 190 Å². The van der Waals surface area contributed by atoms with Crippen molar-refractivity contribution in [2.75, 3.05) is 25.0 Å². The number of nitrogens with zero attached hydrogens (tertiary/aromatic N) is 5. The van der Waals surface area contributed by atoms with E-state index in [1.54, 1.807) is 6.33 Å². The van der Waals surface area contributed by atoms with Crippen LogP contribution in [0.25, 0.3) is 11.2 Å². The number of hydrogen-bond donors (Lipinski definition) is 2. The topological polar surface area (TPSA) is 88.3 Å². The minimum Gasteiger partial charge on any atom is -0.394 e. The zero-order chi connectivity index (χ0) is 21.9. The van der Waals surface area contributed by atoms with E-state index in [2.05, 4.69) is 25.2 Å². The van der Waals surface area contributed by atoms with Gasteiger partial charge in [-0.1, -0.05) is 41.9 Å². The second-order valence-corrected chi connectivity index (χ2v) is 8.19. The van der Waals surface area contributed by atoms with Crippen LogP contribution < -0.4 is 5.32 Å². The molecular formula is C23H23ClN6O2. The Kier molecular flexibility index (Phi) is 6.00. The summed E-state index contributed by atoms with van der Waals surface area (Å²) in [7, 11) is 0. The molecule has 9 heteroatoms. The zero-order valence-corrected chi connectivity index (χ0v) is 18.1. The van der Waals surface area contributed by atoms with Gasteiger partial charge in [0.1, 0.15) is 12.6 Å². The Morgan fingerprint density at radius 1 is 1.03 bits per heavy atom. The summed E-state index contributed by atoms with van der Waals surface area (Å²) in [5, 5.41) is 13.8. The van der Waals surface area contributed by atoms with Crippen molar-refractivity contribution in [3.63, 3.8) is 0 Å². The van der Waals surface area contributed by atoms with Gasteiger partial charge in [-0.2, -0.15) is 0 Å².